The lowest BCUT2D eigenvalue weighted by atomic mass is 10.1. The predicted octanol–water partition coefficient (Wildman–Crippen LogP) is 5.46. The van der Waals surface area contributed by atoms with Crippen LogP contribution in [0.3, 0.4) is 0 Å². The van der Waals surface area contributed by atoms with Crippen LogP contribution in [0.5, 0.6) is 0 Å². The number of aryl methyl sites for hydroxylation is 1. The predicted molar refractivity (Wildman–Crippen MR) is 133 cm³/mol. The van der Waals surface area contributed by atoms with Crippen LogP contribution in [-0.2, 0) is 5.75 Å². The van der Waals surface area contributed by atoms with E-state index in [1.165, 1.54) is 5.56 Å². The maximum absolute atomic E-state index is 12.3. The Morgan fingerprint density at radius 1 is 1.06 bits per heavy atom. The summed E-state index contributed by atoms with van der Waals surface area (Å²) in [5.74, 6) is 1.46. The highest BCUT2D eigenvalue weighted by Crippen LogP contribution is 2.30. The second-order valence-electron chi connectivity index (χ2n) is 7.98. The first-order valence-electron chi connectivity index (χ1n) is 11.0. The van der Waals surface area contributed by atoms with Crippen molar-refractivity contribution in [3.8, 4) is 17.1 Å². The number of thioether (sulfide) groups is 1. The second kappa shape index (κ2) is 10.4. The van der Waals surface area contributed by atoms with Crippen molar-refractivity contribution in [3.63, 3.8) is 0 Å². The molecule has 1 N–H and O–H groups in total. The lowest BCUT2D eigenvalue weighted by molar-refractivity contribution is 0.0939. The van der Waals surface area contributed by atoms with Gasteiger partial charge in [0.25, 0.3) is 5.91 Å². The molecule has 0 aliphatic carbocycles. The zero-order valence-electron chi connectivity index (χ0n) is 19.0. The van der Waals surface area contributed by atoms with E-state index in [0.29, 0.717) is 11.3 Å². The van der Waals surface area contributed by atoms with Crippen molar-refractivity contribution >= 4 is 17.7 Å². The monoisotopic (exact) mass is 457 g/mol. The van der Waals surface area contributed by atoms with Crippen LogP contribution in [0, 0.1) is 6.92 Å². The molecule has 1 amide bonds. The topological polar surface area (TPSA) is 72.7 Å². The number of hydrogen-bond donors (Lipinski definition) is 1. The Balaban J connectivity index is 1.56. The van der Waals surface area contributed by atoms with Crippen molar-refractivity contribution in [2.45, 2.75) is 44.1 Å². The van der Waals surface area contributed by atoms with Gasteiger partial charge in [0, 0.05) is 41.0 Å². The molecule has 0 bridgehead atoms. The number of aromatic nitrogens is 4. The van der Waals surface area contributed by atoms with Crippen LogP contribution in [0.4, 0.5) is 0 Å². The standard InChI is InChI=1S/C26H27N5OS/c1-4-19(3)28-25(32)22-10-8-20(9-11-22)17-33-26-30-29-24(21-12-14-27-15-13-21)31(26)23-7-5-6-18(2)16-23/h5-16,19H,4,17H2,1-3H3,(H,28,32)/t19-/m1/s1. The number of carbonyl (C=O) groups is 1. The molecule has 4 aromatic rings. The van der Waals surface area contributed by atoms with Gasteiger partial charge in [0.2, 0.25) is 0 Å². The molecular formula is C26H27N5OS. The summed E-state index contributed by atoms with van der Waals surface area (Å²) in [5.41, 5.74) is 4.94. The fourth-order valence-corrected chi connectivity index (χ4v) is 4.27. The third-order valence-corrected chi connectivity index (χ3v) is 6.41. The van der Waals surface area contributed by atoms with Crippen LogP contribution >= 0.6 is 11.8 Å². The van der Waals surface area contributed by atoms with Crippen LogP contribution < -0.4 is 5.32 Å². The number of carbonyl (C=O) groups excluding carboxylic acids is 1. The molecule has 2 aromatic heterocycles. The minimum Gasteiger partial charge on any atom is -0.350 e. The Morgan fingerprint density at radius 2 is 1.82 bits per heavy atom. The number of nitrogens with zero attached hydrogens (tertiary/aromatic N) is 4. The van der Waals surface area contributed by atoms with E-state index in [9.17, 15) is 4.79 Å². The first-order valence-corrected chi connectivity index (χ1v) is 12.0. The molecule has 0 aliphatic heterocycles. The number of amides is 1. The summed E-state index contributed by atoms with van der Waals surface area (Å²) in [6, 6.07) is 20.1. The van der Waals surface area contributed by atoms with Gasteiger partial charge in [-0.05, 0) is 67.8 Å². The van der Waals surface area contributed by atoms with Crippen LogP contribution in [0.15, 0.2) is 78.2 Å². The maximum atomic E-state index is 12.3. The van der Waals surface area contributed by atoms with E-state index in [1.54, 1.807) is 24.2 Å². The molecule has 0 fully saturated rings. The average molecular weight is 458 g/mol. The highest BCUT2D eigenvalue weighted by Gasteiger charge is 2.16. The summed E-state index contributed by atoms with van der Waals surface area (Å²) in [6.45, 7) is 6.14. The summed E-state index contributed by atoms with van der Waals surface area (Å²) in [7, 11) is 0. The fourth-order valence-electron chi connectivity index (χ4n) is 3.36. The van der Waals surface area contributed by atoms with Gasteiger partial charge in [0.1, 0.15) is 0 Å². The first kappa shape index (κ1) is 22.7. The van der Waals surface area contributed by atoms with Crippen molar-refractivity contribution in [2.75, 3.05) is 0 Å². The van der Waals surface area contributed by atoms with Crippen LogP contribution in [-0.4, -0.2) is 31.7 Å². The maximum Gasteiger partial charge on any atom is 0.251 e. The zero-order chi connectivity index (χ0) is 23.2. The molecule has 0 saturated carbocycles. The zero-order valence-corrected chi connectivity index (χ0v) is 19.8. The van der Waals surface area contributed by atoms with Crippen LogP contribution in [0.1, 0.15) is 41.8 Å². The lowest BCUT2D eigenvalue weighted by Crippen LogP contribution is -2.31. The van der Waals surface area contributed by atoms with Gasteiger partial charge in [-0.1, -0.05) is 43.0 Å². The van der Waals surface area contributed by atoms with Gasteiger partial charge < -0.3 is 5.32 Å². The van der Waals surface area contributed by atoms with E-state index in [4.69, 9.17) is 0 Å². The lowest BCUT2D eigenvalue weighted by Gasteiger charge is -2.12. The Bertz CT molecular complexity index is 1220. The summed E-state index contributed by atoms with van der Waals surface area (Å²) in [4.78, 5) is 16.4. The molecule has 1 atom stereocenters. The third-order valence-electron chi connectivity index (χ3n) is 5.41. The van der Waals surface area contributed by atoms with Crippen molar-refractivity contribution in [3.05, 3.63) is 89.7 Å². The minimum atomic E-state index is -0.0373. The molecule has 2 aromatic carbocycles. The summed E-state index contributed by atoms with van der Waals surface area (Å²) < 4.78 is 2.08. The smallest absolute Gasteiger partial charge is 0.251 e. The highest BCUT2D eigenvalue weighted by molar-refractivity contribution is 7.98. The number of pyridine rings is 1. The Labute approximate surface area is 198 Å². The van der Waals surface area contributed by atoms with Gasteiger partial charge in [-0.3, -0.25) is 14.3 Å². The second-order valence-corrected chi connectivity index (χ2v) is 8.93. The largest absolute Gasteiger partial charge is 0.350 e. The van der Waals surface area contributed by atoms with Gasteiger partial charge >= 0.3 is 0 Å². The Hall–Kier alpha value is -3.45. The van der Waals surface area contributed by atoms with Gasteiger partial charge in [0.05, 0.1) is 0 Å². The molecule has 4 rings (SSSR count). The Kier molecular flexibility index (Phi) is 7.19. The first-order chi connectivity index (χ1) is 16.0. The highest BCUT2D eigenvalue weighted by atomic mass is 32.2. The van der Waals surface area contributed by atoms with E-state index >= 15 is 0 Å². The molecule has 0 aliphatic rings. The van der Waals surface area contributed by atoms with Crippen molar-refractivity contribution < 1.29 is 4.79 Å². The average Bonchev–Trinajstić information content (AvgIpc) is 3.27. The van der Waals surface area contributed by atoms with E-state index in [0.717, 1.165) is 34.2 Å². The molecule has 0 saturated heterocycles. The molecule has 0 spiro atoms. The molecule has 0 unspecified atom stereocenters. The minimum absolute atomic E-state index is 0.0373. The summed E-state index contributed by atoms with van der Waals surface area (Å²) >= 11 is 1.62. The Morgan fingerprint density at radius 3 is 2.52 bits per heavy atom. The van der Waals surface area contributed by atoms with Crippen molar-refractivity contribution in [2.24, 2.45) is 0 Å². The van der Waals surface area contributed by atoms with Crippen molar-refractivity contribution in [1.29, 1.82) is 0 Å². The van der Waals surface area contributed by atoms with Crippen molar-refractivity contribution in [1.82, 2.24) is 25.1 Å². The number of benzene rings is 2. The molecule has 7 heteroatoms. The van der Waals surface area contributed by atoms with Gasteiger partial charge in [-0.25, -0.2) is 0 Å². The van der Waals surface area contributed by atoms with Gasteiger partial charge in [-0.2, -0.15) is 0 Å². The number of hydrogen-bond acceptors (Lipinski definition) is 5. The third kappa shape index (κ3) is 5.49. The molecule has 0 radical (unpaired) electrons. The fraction of sp³-hybridized carbons (Fsp3) is 0.231. The van der Waals surface area contributed by atoms with Crippen LogP contribution in [0.25, 0.3) is 17.1 Å². The van der Waals surface area contributed by atoms with E-state index in [2.05, 4.69) is 57.1 Å². The SMILES string of the molecule is CC[C@@H](C)NC(=O)c1ccc(CSc2nnc(-c3ccncc3)n2-c2cccc(C)c2)cc1. The molecule has 6 nitrogen and oxygen atoms in total. The molecule has 168 valence electrons. The summed E-state index contributed by atoms with van der Waals surface area (Å²) in [6.07, 6.45) is 4.43. The molecular weight excluding hydrogens is 430 g/mol. The normalized spacial score (nSPS) is 11.8. The molecule has 2 heterocycles. The summed E-state index contributed by atoms with van der Waals surface area (Å²) in [5, 5.41) is 12.8. The quantitative estimate of drug-likeness (QED) is 0.356. The molecule has 33 heavy (non-hydrogen) atoms. The van der Waals surface area contributed by atoms with Gasteiger partial charge in [-0.15, -0.1) is 10.2 Å². The van der Waals surface area contributed by atoms with Crippen LogP contribution in [0.2, 0.25) is 0 Å². The number of rotatable bonds is 8. The van der Waals surface area contributed by atoms with E-state index < -0.39 is 0 Å². The van der Waals surface area contributed by atoms with E-state index in [1.807, 2.05) is 49.4 Å². The number of nitrogens with one attached hydrogen (secondary N) is 1. The van der Waals surface area contributed by atoms with Gasteiger partial charge in [0.15, 0.2) is 11.0 Å². The van der Waals surface area contributed by atoms with E-state index in [-0.39, 0.29) is 11.9 Å².